The minimum Gasteiger partial charge on any atom is -0.480 e. The van der Waals surface area contributed by atoms with Crippen LogP contribution in [-0.2, 0) is 4.79 Å². The van der Waals surface area contributed by atoms with Crippen molar-refractivity contribution < 1.29 is 9.90 Å². The van der Waals surface area contributed by atoms with Gasteiger partial charge in [0.05, 0.1) is 0 Å². The zero-order valence-corrected chi connectivity index (χ0v) is 9.69. The van der Waals surface area contributed by atoms with Crippen molar-refractivity contribution in [1.82, 2.24) is 5.32 Å². The second kappa shape index (κ2) is 5.03. The van der Waals surface area contributed by atoms with Crippen LogP contribution < -0.4 is 5.32 Å². The number of carboxylic acid groups (broad SMARTS) is 1. The van der Waals surface area contributed by atoms with Gasteiger partial charge in [0.1, 0.15) is 5.54 Å². The van der Waals surface area contributed by atoms with E-state index in [-0.39, 0.29) is 0 Å². The number of aliphatic carboxylic acids is 1. The van der Waals surface area contributed by atoms with Gasteiger partial charge in [-0.05, 0) is 38.5 Å². The van der Waals surface area contributed by atoms with E-state index in [1.807, 2.05) is 0 Å². The maximum absolute atomic E-state index is 11.2. The summed E-state index contributed by atoms with van der Waals surface area (Å²) >= 11 is 1.78. The molecule has 2 unspecified atom stereocenters. The summed E-state index contributed by atoms with van der Waals surface area (Å²) in [6.45, 7) is 2.86. The first kappa shape index (κ1) is 11.9. The van der Waals surface area contributed by atoms with Crippen molar-refractivity contribution in [3.8, 4) is 0 Å². The van der Waals surface area contributed by atoms with Gasteiger partial charge >= 0.3 is 5.97 Å². The number of nitrogens with one attached hydrogen (secondary N) is 1. The molecular formula is C10H19NO2S. The molecule has 0 amide bonds. The van der Waals surface area contributed by atoms with Gasteiger partial charge in [-0.25, -0.2) is 0 Å². The Labute approximate surface area is 89.6 Å². The highest BCUT2D eigenvalue weighted by Crippen LogP contribution is 2.36. The van der Waals surface area contributed by atoms with Crippen molar-refractivity contribution in [1.29, 1.82) is 0 Å². The first-order valence-electron chi connectivity index (χ1n) is 5.16. The van der Waals surface area contributed by atoms with Crippen LogP contribution in [-0.4, -0.2) is 34.7 Å². The van der Waals surface area contributed by atoms with E-state index in [0.717, 1.165) is 32.2 Å². The van der Waals surface area contributed by atoms with Gasteiger partial charge in [0.15, 0.2) is 0 Å². The van der Waals surface area contributed by atoms with Crippen molar-refractivity contribution in [3.05, 3.63) is 0 Å². The number of rotatable bonds is 5. The molecule has 1 rings (SSSR count). The predicted octanol–water partition coefficient (Wildman–Crippen LogP) is 1.72. The van der Waals surface area contributed by atoms with E-state index in [1.54, 1.807) is 11.8 Å². The van der Waals surface area contributed by atoms with Crippen molar-refractivity contribution in [2.75, 3.05) is 12.8 Å². The van der Waals surface area contributed by atoms with E-state index >= 15 is 0 Å². The Balaban J connectivity index is 2.60. The number of carboxylic acids is 1. The first-order valence-corrected chi connectivity index (χ1v) is 6.44. The average Bonchev–Trinajstić information content (AvgIpc) is 2.59. The third kappa shape index (κ3) is 2.42. The molecule has 2 N–H and O–H groups in total. The third-order valence-electron chi connectivity index (χ3n) is 2.93. The smallest absolute Gasteiger partial charge is 0.323 e. The lowest BCUT2D eigenvalue weighted by molar-refractivity contribution is -0.144. The maximum atomic E-state index is 11.2. The van der Waals surface area contributed by atoms with Crippen LogP contribution in [0.2, 0.25) is 0 Å². The molecular weight excluding hydrogens is 198 g/mol. The van der Waals surface area contributed by atoms with Crippen LogP contribution in [0.25, 0.3) is 0 Å². The first-order chi connectivity index (χ1) is 6.64. The second-order valence-corrected chi connectivity index (χ2v) is 5.05. The zero-order valence-electron chi connectivity index (χ0n) is 8.88. The number of thioether (sulfide) groups is 1. The minimum absolute atomic E-state index is 0.510. The Morgan fingerprint density at radius 1 is 1.71 bits per heavy atom. The lowest BCUT2D eigenvalue weighted by atomic mass is 9.98. The summed E-state index contributed by atoms with van der Waals surface area (Å²) < 4.78 is 0. The lowest BCUT2D eigenvalue weighted by Gasteiger charge is -2.25. The average molecular weight is 217 g/mol. The summed E-state index contributed by atoms with van der Waals surface area (Å²) in [5.41, 5.74) is -0.635. The molecule has 1 saturated carbocycles. The largest absolute Gasteiger partial charge is 0.480 e. The molecule has 0 heterocycles. The Kier molecular flexibility index (Phi) is 4.26. The lowest BCUT2D eigenvalue weighted by Crippen LogP contribution is -2.50. The van der Waals surface area contributed by atoms with E-state index in [2.05, 4.69) is 18.5 Å². The topological polar surface area (TPSA) is 49.3 Å². The van der Waals surface area contributed by atoms with E-state index in [0.29, 0.717) is 5.25 Å². The molecule has 3 nitrogen and oxygen atoms in total. The summed E-state index contributed by atoms with van der Waals surface area (Å²) in [7, 11) is 0. The minimum atomic E-state index is -0.678. The van der Waals surface area contributed by atoms with Crippen molar-refractivity contribution in [3.63, 3.8) is 0 Å². The molecule has 0 spiro atoms. The highest BCUT2D eigenvalue weighted by Gasteiger charge is 2.44. The van der Waals surface area contributed by atoms with Gasteiger partial charge in [0.2, 0.25) is 0 Å². The normalized spacial score (nSPS) is 32.0. The standard InChI is InChI=1S/C10H19NO2S/c1-3-6-11-10(9(12)13)5-4-8(7-10)14-2/h8,11H,3-7H2,1-2H3,(H,12,13). The van der Waals surface area contributed by atoms with Crippen LogP contribution >= 0.6 is 11.8 Å². The van der Waals surface area contributed by atoms with Gasteiger partial charge in [-0.15, -0.1) is 0 Å². The fraction of sp³-hybridized carbons (Fsp3) is 0.900. The van der Waals surface area contributed by atoms with E-state index in [9.17, 15) is 9.90 Å². The van der Waals surface area contributed by atoms with Crippen molar-refractivity contribution in [2.45, 2.75) is 43.4 Å². The fourth-order valence-corrected chi connectivity index (χ4v) is 2.80. The Bertz CT molecular complexity index is 210. The number of hydrogen-bond acceptors (Lipinski definition) is 3. The molecule has 0 aromatic rings. The van der Waals surface area contributed by atoms with E-state index in [4.69, 9.17) is 0 Å². The SMILES string of the molecule is CCCNC1(C(=O)O)CCC(SC)C1. The summed E-state index contributed by atoms with van der Waals surface area (Å²) in [6, 6.07) is 0. The molecule has 1 aliphatic rings. The second-order valence-electron chi connectivity index (χ2n) is 3.91. The molecule has 0 aromatic carbocycles. The van der Waals surface area contributed by atoms with Crippen molar-refractivity contribution in [2.24, 2.45) is 0 Å². The molecule has 0 aliphatic heterocycles. The summed E-state index contributed by atoms with van der Waals surface area (Å²) in [4.78, 5) is 11.2. The summed E-state index contributed by atoms with van der Waals surface area (Å²) in [6.07, 6.45) is 5.60. The molecule has 0 aromatic heterocycles. The van der Waals surface area contributed by atoms with Crippen LogP contribution in [0.3, 0.4) is 0 Å². The van der Waals surface area contributed by atoms with Crippen molar-refractivity contribution >= 4 is 17.7 Å². The Hall–Kier alpha value is -0.220. The zero-order chi connectivity index (χ0) is 10.6. The molecule has 1 fully saturated rings. The monoisotopic (exact) mass is 217 g/mol. The Morgan fingerprint density at radius 2 is 2.43 bits per heavy atom. The van der Waals surface area contributed by atoms with Crippen LogP contribution in [0.4, 0.5) is 0 Å². The highest BCUT2D eigenvalue weighted by atomic mass is 32.2. The third-order valence-corrected chi connectivity index (χ3v) is 3.99. The van der Waals surface area contributed by atoms with Crippen LogP contribution in [0.5, 0.6) is 0 Å². The molecule has 1 aliphatic carbocycles. The highest BCUT2D eigenvalue weighted by molar-refractivity contribution is 7.99. The number of hydrogen-bond donors (Lipinski definition) is 2. The molecule has 2 atom stereocenters. The Morgan fingerprint density at radius 3 is 2.86 bits per heavy atom. The maximum Gasteiger partial charge on any atom is 0.323 e. The van der Waals surface area contributed by atoms with Gasteiger partial charge in [-0.1, -0.05) is 6.92 Å². The molecule has 4 heteroatoms. The van der Waals surface area contributed by atoms with E-state index < -0.39 is 11.5 Å². The van der Waals surface area contributed by atoms with Gasteiger partial charge < -0.3 is 10.4 Å². The fourth-order valence-electron chi connectivity index (χ4n) is 2.00. The van der Waals surface area contributed by atoms with E-state index in [1.165, 1.54) is 0 Å². The van der Waals surface area contributed by atoms with Gasteiger partial charge in [-0.2, -0.15) is 11.8 Å². The molecule has 0 radical (unpaired) electrons. The quantitative estimate of drug-likeness (QED) is 0.736. The van der Waals surface area contributed by atoms with Crippen LogP contribution in [0.15, 0.2) is 0 Å². The molecule has 14 heavy (non-hydrogen) atoms. The van der Waals surface area contributed by atoms with Crippen LogP contribution in [0.1, 0.15) is 32.6 Å². The van der Waals surface area contributed by atoms with Gasteiger partial charge in [0.25, 0.3) is 0 Å². The van der Waals surface area contributed by atoms with Gasteiger partial charge in [-0.3, -0.25) is 4.79 Å². The number of carbonyl (C=O) groups is 1. The molecule has 82 valence electrons. The summed E-state index contributed by atoms with van der Waals surface area (Å²) in [5.74, 6) is -0.678. The molecule has 0 bridgehead atoms. The van der Waals surface area contributed by atoms with Crippen LogP contribution in [0, 0.1) is 0 Å². The predicted molar refractivity (Wildman–Crippen MR) is 59.8 cm³/mol. The summed E-state index contributed by atoms with van der Waals surface area (Å²) in [5, 5.41) is 12.9. The molecule has 0 saturated heterocycles. The van der Waals surface area contributed by atoms with Gasteiger partial charge in [0, 0.05) is 5.25 Å².